The number of nitrogens with one attached hydrogen (secondary N) is 1. The molecule has 0 bridgehead atoms. The number of ether oxygens (including phenoxy) is 2. The van der Waals surface area contributed by atoms with Gasteiger partial charge in [0.2, 0.25) is 5.90 Å². The number of aliphatic hydroxyl groups is 3. The maximum Gasteiger partial charge on any atom is 0.253 e. The molecule has 3 aromatic rings. The van der Waals surface area contributed by atoms with E-state index in [9.17, 15) is 20.5 Å². The molecule has 4 N–H and O–H groups in total. The van der Waals surface area contributed by atoms with Gasteiger partial charge >= 0.3 is 0 Å². The Kier molecular flexibility index (Phi) is 10.3. The van der Waals surface area contributed by atoms with Crippen LogP contribution < -0.4 is 10.1 Å². The van der Waals surface area contributed by atoms with Crippen LogP contribution in [0.25, 0.3) is 10.4 Å². The van der Waals surface area contributed by atoms with Crippen molar-refractivity contribution >= 4 is 33.4 Å². The molecule has 3 aromatic carbocycles. The first-order chi connectivity index (χ1) is 19.9. The third kappa shape index (κ3) is 6.87. The molecule has 1 aliphatic heterocycles. The second kappa shape index (κ2) is 14.1. The summed E-state index contributed by atoms with van der Waals surface area (Å²) in [5.41, 5.74) is 9.67. The highest BCUT2D eigenvalue weighted by atomic mass is 79.9. The van der Waals surface area contributed by atoms with Crippen molar-refractivity contribution < 1.29 is 29.6 Å². The zero-order valence-corrected chi connectivity index (χ0v) is 23.6. The summed E-state index contributed by atoms with van der Waals surface area (Å²) in [7, 11) is 0. The highest BCUT2D eigenvalue weighted by Gasteiger charge is 2.54. The lowest BCUT2D eigenvalue weighted by atomic mass is 9.81. The highest BCUT2D eigenvalue weighted by Crippen LogP contribution is 2.46. The zero-order valence-electron chi connectivity index (χ0n) is 22.1. The van der Waals surface area contributed by atoms with Crippen LogP contribution in [-0.2, 0) is 16.0 Å². The number of carbonyl (C=O) groups excluding carboxylic acids is 1. The Morgan fingerprint density at radius 3 is 2.49 bits per heavy atom. The largest absolute Gasteiger partial charge is 0.494 e. The average Bonchev–Trinajstić information content (AvgIpc) is 3.38. The van der Waals surface area contributed by atoms with Crippen molar-refractivity contribution in [3.05, 3.63) is 104 Å². The minimum Gasteiger partial charge on any atom is -0.494 e. The molecule has 12 heteroatoms. The number of amides is 1. The molecule has 2 atom stereocenters. The first-order valence-corrected chi connectivity index (χ1v) is 13.8. The van der Waals surface area contributed by atoms with E-state index in [4.69, 9.17) is 19.6 Å². The lowest BCUT2D eigenvalue weighted by Crippen LogP contribution is -2.54. The zero-order chi connectivity index (χ0) is 29.2. The quantitative estimate of drug-likeness (QED) is 0.0965. The standard InChI is InChI=1S/C29H30BrN5O6/c30-24-8-3-1-6-20(24)16-29(28(39)32-21(17-37)18-38)26(23-7-2-4-9-25(23)34-35-31)41-27(33-29)19-10-12-22(13-11-19)40-15-5-14-36/h1-4,6-13,21,26,36-38H,5,14-18H2,(H,32,39)/t26-,29-/m1/s1. The van der Waals surface area contributed by atoms with Crippen LogP contribution in [-0.4, -0.2) is 65.1 Å². The summed E-state index contributed by atoms with van der Waals surface area (Å²) in [5, 5.41) is 35.0. The van der Waals surface area contributed by atoms with Crippen LogP contribution in [0.5, 0.6) is 5.75 Å². The predicted octanol–water partition coefficient (Wildman–Crippen LogP) is 4.12. The van der Waals surface area contributed by atoms with E-state index in [-0.39, 0.29) is 24.6 Å². The molecule has 4 rings (SSSR count). The average molecular weight is 624 g/mol. The van der Waals surface area contributed by atoms with Crippen LogP contribution in [0.4, 0.5) is 5.69 Å². The van der Waals surface area contributed by atoms with E-state index in [1.54, 1.807) is 48.5 Å². The fraction of sp³-hybridized carbons (Fsp3) is 0.310. The predicted molar refractivity (Wildman–Crippen MR) is 156 cm³/mol. The second-order valence-electron chi connectivity index (χ2n) is 9.34. The third-order valence-corrected chi connectivity index (χ3v) is 7.37. The highest BCUT2D eigenvalue weighted by molar-refractivity contribution is 9.10. The Morgan fingerprint density at radius 2 is 1.80 bits per heavy atom. The maximum atomic E-state index is 14.2. The Bertz CT molecular complexity index is 1430. The molecule has 0 aliphatic carbocycles. The van der Waals surface area contributed by atoms with Gasteiger partial charge in [-0.3, -0.25) is 4.79 Å². The number of benzene rings is 3. The summed E-state index contributed by atoms with van der Waals surface area (Å²) in [5.74, 6) is 0.192. The van der Waals surface area contributed by atoms with Gasteiger partial charge in [-0.15, -0.1) is 0 Å². The van der Waals surface area contributed by atoms with E-state index < -0.39 is 36.8 Å². The van der Waals surface area contributed by atoms with Crippen molar-refractivity contribution in [1.82, 2.24) is 5.32 Å². The van der Waals surface area contributed by atoms with Crippen LogP contribution in [0.1, 0.15) is 29.2 Å². The maximum absolute atomic E-state index is 14.2. The fourth-order valence-electron chi connectivity index (χ4n) is 4.50. The fourth-order valence-corrected chi connectivity index (χ4v) is 4.92. The lowest BCUT2D eigenvalue weighted by molar-refractivity contribution is -0.130. The van der Waals surface area contributed by atoms with Crippen molar-refractivity contribution in [3.63, 3.8) is 0 Å². The summed E-state index contributed by atoms with van der Waals surface area (Å²) in [4.78, 5) is 22.0. The van der Waals surface area contributed by atoms with Crippen LogP contribution in [0.15, 0.2) is 87.4 Å². The summed E-state index contributed by atoms with van der Waals surface area (Å²) in [6.07, 6.45) is -0.464. The molecule has 41 heavy (non-hydrogen) atoms. The number of rotatable bonds is 13. The van der Waals surface area contributed by atoms with Crippen LogP contribution in [0.2, 0.25) is 0 Å². The molecule has 0 saturated heterocycles. The van der Waals surface area contributed by atoms with Crippen molar-refractivity contribution in [2.24, 2.45) is 10.1 Å². The first kappa shape index (κ1) is 30.0. The van der Waals surface area contributed by atoms with Gasteiger partial charge in [0.05, 0.1) is 25.9 Å². The number of aliphatic imine (C=N–C) groups is 1. The van der Waals surface area contributed by atoms with Crippen molar-refractivity contribution in [3.8, 4) is 5.75 Å². The van der Waals surface area contributed by atoms with Gasteiger partial charge < -0.3 is 30.1 Å². The normalized spacial score (nSPS) is 17.9. The van der Waals surface area contributed by atoms with Crippen molar-refractivity contribution in [1.29, 1.82) is 0 Å². The van der Waals surface area contributed by atoms with Gasteiger partial charge in [-0.05, 0) is 41.4 Å². The van der Waals surface area contributed by atoms with E-state index in [1.165, 1.54) is 0 Å². The summed E-state index contributed by atoms with van der Waals surface area (Å²) in [6, 6.07) is 20.2. The van der Waals surface area contributed by atoms with Gasteiger partial charge in [0.15, 0.2) is 11.6 Å². The Balaban J connectivity index is 1.86. The number of nitrogens with zero attached hydrogens (tertiary/aromatic N) is 4. The van der Waals surface area contributed by atoms with E-state index in [0.717, 1.165) is 10.0 Å². The van der Waals surface area contributed by atoms with Gasteiger partial charge in [0, 0.05) is 45.6 Å². The monoisotopic (exact) mass is 623 g/mol. The molecule has 1 aliphatic rings. The topological polar surface area (TPSA) is 169 Å². The number of carbonyl (C=O) groups is 1. The number of hydrogen-bond acceptors (Lipinski definition) is 8. The van der Waals surface area contributed by atoms with Gasteiger partial charge in [-0.25, -0.2) is 4.99 Å². The molecule has 0 unspecified atom stereocenters. The number of halogens is 1. The van der Waals surface area contributed by atoms with Gasteiger partial charge in [-0.1, -0.05) is 63.5 Å². The van der Waals surface area contributed by atoms with E-state index in [0.29, 0.717) is 29.9 Å². The Morgan fingerprint density at radius 1 is 1.10 bits per heavy atom. The number of hydrogen-bond donors (Lipinski definition) is 4. The molecule has 0 spiro atoms. The molecule has 0 aromatic heterocycles. The minimum atomic E-state index is -1.63. The summed E-state index contributed by atoms with van der Waals surface area (Å²) >= 11 is 3.57. The summed E-state index contributed by atoms with van der Waals surface area (Å²) in [6.45, 7) is -0.584. The molecule has 0 fully saturated rings. The lowest BCUT2D eigenvalue weighted by Gasteiger charge is -2.32. The summed E-state index contributed by atoms with van der Waals surface area (Å²) < 4.78 is 12.8. The molecule has 0 radical (unpaired) electrons. The van der Waals surface area contributed by atoms with Crippen molar-refractivity contribution in [2.45, 2.75) is 30.5 Å². The molecule has 0 saturated carbocycles. The number of azide groups is 1. The van der Waals surface area contributed by atoms with E-state index in [1.807, 2.05) is 24.3 Å². The molecule has 1 heterocycles. The van der Waals surface area contributed by atoms with Crippen LogP contribution in [0, 0.1) is 0 Å². The Labute approximate surface area is 245 Å². The third-order valence-electron chi connectivity index (χ3n) is 6.60. The van der Waals surface area contributed by atoms with Gasteiger partial charge in [0.1, 0.15) is 5.75 Å². The molecular weight excluding hydrogens is 594 g/mol. The van der Waals surface area contributed by atoms with Crippen molar-refractivity contribution in [2.75, 3.05) is 26.4 Å². The minimum absolute atomic E-state index is 0.0243. The Hall–Kier alpha value is -3.93. The molecule has 214 valence electrons. The second-order valence-corrected chi connectivity index (χ2v) is 10.2. The number of aliphatic hydroxyl groups excluding tert-OH is 3. The molecule has 1 amide bonds. The van der Waals surface area contributed by atoms with Gasteiger partial charge in [-0.2, -0.15) is 0 Å². The molecular formula is C29H30BrN5O6. The molecule has 11 nitrogen and oxygen atoms in total. The van der Waals surface area contributed by atoms with E-state index >= 15 is 0 Å². The van der Waals surface area contributed by atoms with E-state index in [2.05, 4.69) is 31.3 Å². The van der Waals surface area contributed by atoms with Crippen LogP contribution in [0.3, 0.4) is 0 Å². The van der Waals surface area contributed by atoms with Crippen LogP contribution >= 0.6 is 15.9 Å². The smallest absolute Gasteiger partial charge is 0.253 e. The SMILES string of the molecule is [N-]=[N+]=Nc1ccccc1[C@H]1OC(c2ccc(OCCCO)cc2)=N[C@@]1(Cc1ccccc1Br)C(=O)NC(CO)CO. The van der Waals surface area contributed by atoms with Gasteiger partial charge in [0.25, 0.3) is 5.91 Å². The first-order valence-electron chi connectivity index (χ1n) is 13.0.